The van der Waals surface area contributed by atoms with Crippen molar-refractivity contribution in [2.75, 3.05) is 19.0 Å². The van der Waals surface area contributed by atoms with Crippen LogP contribution in [0.4, 0.5) is 5.69 Å². The first-order valence-electron chi connectivity index (χ1n) is 11.0. The van der Waals surface area contributed by atoms with Crippen molar-refractivity contribution in [3.8, 4) is 17.1 Å². The average molecular weight is 477 g/mol. The van der Waals surface area contributed by atoms with Crippen LogP contribution in [0, 0.1) is 0 Å². The van der Waals surface area contributed by atoms with E-state index in [9.17, 15) is 13.2 Å². The zero-order chi connectivity index (χ0) is 23.7. The number of anilines is 1. The van der Waals surface area contributed by atoms with Crippen LogP contribution in [-0.4, -0.2) is 48.3 Å². The predicted molar refractivity (Wildman–Crippen MR) is 130 cm³/mol. The van der Waals surface area contributed by atoms with Crippen molar-refractivity contribution >= 4 is 32.7 Å². The molecule has 1 unspecified atom stereocenters. The van der Waals surface area contributed by atoms with Crippen LogP contribution in [0.5, 0.6) is 5.75 Å². The molecule has 0 bridgehead atoms. The van der Waals surface area contributed by atoms with Gasteiger partial charge < -0.3 is 15.0 Å². The van der Waals surface area contributed by atoms with Gasteiger partial charge in [-0.3, -0.25) is 4.79 Å². The summed E-state index contributed by atoms with van der Waals surface area (Å²) < 4.78 is 33.0. The molecular formula is C25H24N4O4S. The second-order valence-corrected chi connectivity index (χ2v) is 9.98. The van der Waals surface area contributed by atoms with Gasteiger partial charge in [0, 0.05) is 12.1 Å². The summed E-state index contributed by atoms with van der Waals surface area (Å²) in [4.78, 5) is 21.3. The Labute approximate surface area is 197 Å². The Balaban J connectivity index is 1.41. The number of fused-ring (bicyclic) bond motifs is 1. The van der Waals surface area contributed by atoms with E-state index in [1.54, 1.807) is 18.2 Å². The van der Waals surface area contributed by atoms with Gasteiger partial charge in [-0.05, 0) is 61.4 Å². The highest BCUT2D eigenvalue weighted by Crippen LogP contribution is 2.31. The molecule has 0 aliphatic carbocycles. The number of methoxy groups -OCH3 is 1. The standard InChI is InChI=1S/C25H24N4O4S/c1-33-17-12-14-18(15-13-17)34(31,32)29-16-6-11-23(29)25(30)28-20-8-3-2-7-19(20)24-26-21-9-4-5-10-22(21)27-24/h2-5,7-10,12-15,23H,6,11,16H2,1H3,(H,26,27)(H,28,30). The molecule has 3 aromatic carbocycles. The van der Waals surface area contributed by atoms with Crippen LogP contribution >= 0.6 is 0 Å². The number of para-hydroxylation sites is 3. The van der Waals surface area contributed by atoms with E-state index in [0.29, 0.717) is 30.1 Å². The molecule has 0 spiro atoms. The fourth-order valence-corrected chi connectivity index (χ4v) is 5.92. The van der Waals surface area contributed by atoms with Crippen molar-refractivity contribution in [3.05, 3.63) is 72.8 Å². The van der Waals surface area contributed by atoms with Crippen molar-refractivity contribution in [2.24, 2.45) is 0 Å². The normalized spacial score (nSPS) is 16.6. The molecule has 8 nitrogen and oxygen atoms in total. The average Bonchev–Trinajstić information content (AvgIpc) is 3.52. The van der Waals surface area contributed by atoms with Gasteiger partial charge in [-0.2, -0.15) is 4.31 Å². The van der Waals surface area contributed by atoms with Crippen LogP contribution < -0.4 is 10.1 Å². The number of aromatic nitrogens is 2. The third kappa shape index (κ3) is 4.04. The molecule has 5 rings (SSSR count). The van der Waals surface area contributed by atoms with E-state index in [-0.39, 0.29) is 17.3 Å². The fourth-order valence-electron chi connectivity index (χ4n) is 4.27. The molecule has 1 saturated heterocycles. The van der Waals surface area contributed by atoms with Gasteiger partial charge >= 0.3 is 0 Å². The zero-order valence-corrected chi connectivity index (χ0v) is 19.4. The first kappa shape index (κ1) is 22.1. The quantitative estimate of drug-likeness (QED) is 0.437. The summed E-state index contributed by atoms with van der Waals surface area (Å²) in [6.45, 7) is 0.289. The van der Waals surface area contributed by atoms with Crippen molar-refractivity contribution in [1.82, 2.24) is 14.3 Å². The summed E-state index contributed by atoms with van der Waals surface area (Å²) in [6, 6.07) is 20.4. The van der Waals surface area contributed by atoms with Gasteiger partial charge in [0.15, 0.2) is 0 Å². The van der Waals surface area contributed by atoms with Gasteiger partial charge in [0.05, 0.1) is 28.7 Å². The molecule has 1 atom stereocenters. The minimum Gasteiger partial charge on any atom is -0.497 e. The highest BCUT2D eigenvalue weighted by Gasteiger charge is 2.39. The van der Waals surface area contributed by atoms with Gasteiger partial charge in [0.1, 0.15) is 17.6 Å². The molecule has 2 N–H and O–H groups in total. The van der Waals surface area contributed by atoms with Gasteiger partial charge in [-0.25, -0.2) is 13.4 Å². The molecule has 34 heavy (non-hydrogen) atoms. The predicted octanol–water partition coefficient (Wildman–Crippen LogP) is 4.03. The number of aromatic amines is 1. The number of carbonyl (C=O) groups excluding carboxylic acids is 1. The number of nitrogens with one attached hydrogen (secondary N) is 2. The lowest BCUT2D eigenvalue weighted by molar-refractivity contribution is -0.119. The molecule has 1 aliphatic rings. The Kier molecular flexibility index (Phi) is 5.80. The van der Waals surface area contributed by atoms with Gasteiger partial charge in [0.2, 0.25) is 15.9 Å². The SMILES string of the molecule is COc1ccc(S(=O)(=O)N2CCCC2C(=O)Nc2ccccc2-c2nc3ccccc3[nH]2)cc1. The number of H-pyrrole nitrogens is 1. The van der Waals surface area contributed by atoms with Crippen molar-refractivity contribution in [1.29, 1.82) is 0 Å². The van der Waals surface area contributed by atoms with Crippen LogP contribution in [-0.2, 0) is 14.8 Å². The molecule has 2 heterocycles. The number of nitrogens with zero attached hydrogens (tertiary/aromatic N) is 2. The Morgan fingerprint density at radius 2 is 1.79 bits per heavy atom. The summed E-state index contributed by atoms with van der Waals surface area (Å²) in [5.41, 5.74) is 3.02. The smallest absolute Gasteiger partial charge is 0.243 e. The first-order chi connectivity index (χ1) is 16.5. The topological polar surface area (TPSA) is 104 Å². The zero-order valence-electron chi connectivity index (χ0n) is 18.6. The molecule has 1 aliphatic heterocycles. The Morgan fingerprint density at radius 1 is 1.06 bits per heavy atom. The largest absolute Gasteiger partial charge is 0.497 e. The molecule has 0 saturated carbocycles. The lowest BCUT2D eigenvalue weighted by Crippen LogP contribution is -2.43. The third-order valence-electron chi connectivity index (χ3n) is 6.00. The van der Waals surface area contributed by atoms with E-state index in [1.807, 2.05) is 42.5 Å². The second-order valence-electron chi connectivity index (χ2n) is 8.09. The summed E-state index contributed by atoms with van der Waals surface area (Å²) in [6.07, 6.45) is 1.06. The number of rotatable bonds is 6. The van der Waals surface area contributed by atoms with Crippen LogP contribution in [0.1, 0.15) is 12.8 Å². The molecule has 9 heteroatoms. The summed E-state index contributed by atoms with van der Waals surface area (Å²) in [5.74, 6) is 0.834. The van der Waals surface area contributed by atoms with E-state index >= 15 is 0 Å². The van der Waals surface area contributed by atoms with E-state index in [1.165, 1.54) is 23.5 Å². The maximum absolute atomic E-state index is 13.3. The van der Waals surface area contributed by atoms with Crippen LogP contribution in [0.15, 0.2) is 77.7 Å². The second kappa shape index (κ2) is 8.92. The highest BCUT2D eigenvalue weighted by atomic mass is 32.2. The summed E-state index contributed by atoms with van der Waals surface area (Å²) in [5, 5.41) is 2.94. The van der Waals surface area contributed by atoms with Gasteiger partial charge in [-0.1, -0.05) is 24.3 Å². The van der Waals surface area contributed by atoms with Gasteiger partial charge in [0.25, 0.3) is 0 Å². The van der Waals surface area contributed by atoms with Crippen molar-refractivity contribution in [3.63, 3.8) is 0 Å². The van der Waals surface area contributed by atoms with Crippen LogP contribution in [0.2, 0.25) is 0 Å². The minimum atomic E-state index is -3.83. The number of sulfonamides is 1. The van der Waals surface area contributed by atoms with Gasteiger partial charge in [-0.15, -0.1) is 0 Å². The molecule has 1 aromatic heterocycles. The molecule has 1 fully saturated rings. The lowest BCUT2D eigenvalue weighted by Gasteiger charge is -2.24. The molecular weight excluding hydrogens is 452 g/mol. The Hall–Kier alpha value is -3.69. The third-order valence-corrected chi connectivity index (χ3v) is 7.92. The Bertz CT molecular complexity index is 1410. The fraction of sp³-hybridized carbons (Fsp3) is 0.200. The number of ether oxygens (including phenoxy) is 1. The maximum atomic E-state index is 13.3. The first-order valence-corrected chi connectivity index (χ1v) is 12.4. The number of hydrogen-bond donors (Lipinski definition) is 2. The van der Waals surface area contributed by atoms with Crippen molar-refractivity contribution < 1.29 is 17.9 Å². The van der Waals surface area contributed by atoms with Crippen LogP contribution in [0.3, 0.4) is 0 Å². The molecule has 174 valence electrons. The monoisotopic (exact) mass is 476 g/mol. The Morgan fingerprint density at radius 3 is 2.56 bits per heavy atom. The minimum absolute atomic E-state index is 0.135. The molecule has 1 amide bonds. The van der Waals surface area contributed by atoms with E-state index in [0.717, 1.165) is 16.6 Å². The van der Waals surface area contributed by atoms with Crippen LogP contribution in [0.25, 0.3) is 22.4 Å². The summed E-state index contributed by atoms with van der Waals surface area (Å²) in [7, 11) is -2.31. The van der Waals surface area contributed by atoms with E-state index in [2.05, 4.69) is 15.3 Å². The number of hydrogen-bond acceptors (Lipinski definition) is 5. The van der Waals surface area contributed by atoms with E-state index in [4.69, 9.17) is 4.74 Å². The number of carbonyl (C=O) groups is 1. The number of benzene rings is 3. The number of amides is 1. The summed E-state index contributed by atoms with van der Waals surface area (Å²) >= 11 is 0. The lowest BCUT2D eigenvalue weighted by atomic mass is 10.1. The maximum Gasteiger partial charge on any atom is 0.243 e. The molecule has 4 aromatic rings. The van der Waals surface area contributed by atoms with Crippen molar-refractivity contribution in [2.45, 2.75) is 23.8 Å². The van der Waals surface area contributed by atoms with E-state index < -0.39 is 16.1 Å². The molecule has 0 radical (unpaired) electrons. The highest BCUT2D eigenvalue weighted by molar-refractivity contribution is 7.89. The number of imidazole rings is 1.